The highest BCUT2D eigenvalue weighted by atomic mass is 79.9. The molecule has 0 bridgehead atoms. The standard InChI is InChI=1S/C6H7Br2N3/c1-11(9)6-5(8)2-4(7)3-10-6/h2-3H,9H2,1H3. The summed E-state index contributed by atoms with van der Waals surface area (Å²) in [6, 6.07) is 1.89. The van der Waals surface area contributed by atoms with Gasteiger partial charge in [-0.15, -0.1) is 0 Å². The zero-order valence-electron chi connectivity index (χ0n) is 5.88. The molecule has 0 spiro atoms. The molecule has 11 heavy (non-hydrogen) atoms. The lowest BCUT2D eigenvalue weighted by atomic mass is 10.4. The average Bonchev–Trinajstić information content (AvgIpc) is 1.85. The summed E-state index contributed by atoms with van der Waals surface area (Å²) in [5, 5.41) is 1.45. The van der Waals surface area contributed by atoms with Gasteiger partial charge in [-0.05, 0) is 37.9 Å². The van der Waals surface area contributed by atoms with E-state index in [0.717, 1.165) is 8.95 Å². The lowest BCUT2D eigenvalue weighted by Crippen LogP contribution is -2.26. The third-order valence-electron chi connectivity index (χ3n) is 1.12. The minimum absolute atomic E-state index is 0.716. The molecule has 0 radical (unpaired) electrons. The van der Waals surface area contributed by atoms with Gasteiger partial charge >= 0.3 is 0 Å². The molecule has 0 fully saturated rings. The average molecular weight is 281 g/mol. The Hall–Kier alpha value is -0.130. The third-order valence-corrected chi connectivity index (χ3v) is 2.14. The first-order chi connectivity index (χ1) is 5.11. The van der Waals surface area contributed by atoms with Crippen LogP contribution < -0.4 is 10.9 Å². The topological polar surface area (TPSA) is 42.1 Å². The summed E-state index contributed by atoms with van der Waals surface area (Å²) in [5.74, 6) is 6.21. The van der Waals surface area contributed by atoms with Crippen molar-refractivity contribution >= 4 is 37.7 Å². The lowest BCUT2D eigenvalue weighted by molar-refractivity contribution is 0.969. The predicted octanol–water partition coefficient (Wildman–Crippen LogP) is 1.92. The van der Waals surface area contributed by atoms with Gasteiger partial charge in [-0.2, -0.15) is 0 Å². The maximum atomic E-state index is 5.49. The molecule has 0 aliphatic rings. The van der Waals surface area contributed by atoms with Crippen molar-refractivity contribution in [3.05, 3.63) is 21.2 Å². The molecule has 0 saturated carbocycles. The Balaban J connectivity index is 3.09. The molecule has 0 aliphatic carbocycles. The number of nitrogens with two attached hydrogens (primary N) is 1. The van der Waals surface area contributed by atoms with Crippen LogP contribution in [0.5, 0.6) is 0 Å². The van der Waals surface area contributed by atoms with Gasteiger partial charge in [0.25, 0.3) is 0 Å². The Bertz CT molecular complexity index is 262. The predicted molar refractivity (Wildman–Crippen MR) is 52.2 cm³/mol. The summed E-state index contributed by atoms with van der Waals surface area (Å²) in [4.78, 5) is 4.08. The summed E-state index contributed by atoms with van der Waals surface area (Å²) >= 11 is 6.63. The van der Waals surface area contributed by atoms with Crippen molar-refractivity contribution in [1.82, 2.24) is 4.98 Å². The Morgan fingerprint density at radius 1 is 1.55 bits per heavy atom. The van der Waals surface area contributed by atoms with Crippen LogP contribution in [0.2, 0.25) is 0 Å². The number of anilines is 1. The maximum Gasteiger partial charge on any atom is 0.156 e. The molecule has 2 N–H and O–H groups in total. The van der Waals surface area contributed by atoms with Crippen LogP contribution in [0.1, 0.15) is 0 Å². The molecule has 0 amide bonds. The molecule has 0 unspecified atom stereocenters. The molecular formula is C6H7Br2N3. The molecule has 1 aromatic heterocycles. The Labute approximate surface area is 81.8 Å². The number of aromatic nitrogens is 1. The van der Waals surface area contributed by atoms with E-state index in [0.29, 0.717) is 5.82 Å². The minimum atomic E-state index is 0.716. The molecule has 5 heteroatoms. The van der Waals surface area contributed by atoms with E-state index in [2.05, 4.69) is 36.8 Å². The van der Waals surface area contributed by atoms with Crippen molar-refractivity contribution in [2.45, 2.75) is 0 Å². The molecule has 3 nitrogen and oxygen atoms in total. The molecule has 1 rings (SSSR count). The number of rotatable bonds is 1. The summed E-state index contributed by atoms with van der Waals surface area (Å²) in [6.45, 7) is 0. The zero-order chi connectivity index (χ0) is 8.43. The third kappa shape index (κ3) is 2.15. The Kier molecular flexibility index (Phi) is 2.86. The van der Waals surface area contributed by atoms with E-state index < -0.39 is 0 Å². The first kappa shape index (κ1) is 8.96. The fourth-order valence-electron chi connectivity index (χ4n) is 0.667. The first-order valence-corrected chi connectivity index (χ1v) is 4.49. The van der Waals surface area contributed by atoms with Crippen LogP contribution in [0.4, 0.5) is 5.82 Å². The Morgan fingerprint density at radius 3 is 2.64 bits per heavy atom. The van der Waals surface area contributed by atoms with Crippen molar-refractivity contribution < 1.29 is 0 Å². The van der Waals surface area contributed by atoms with Crippen molar-refractivity contribution in [2.24, 2.45) is 5.84 Å². The summed E-state index contributed by atoms with van der Waals surface area (Å²) in [7, 11) is 1.74. The van der Waals surface area contributed by atoms with E-state index in [1.165, 1.54) is 5.01 Å². The highest BCUT2D eigenvalue weighted by Crippen LogP contribution is 2.24. The molecule has 0 aromatic carbocycles. The van der Waals surface area contributed by atoms with E-state index in [4.69, 9.17) is 5.84 Å². The lowest BCUT2D eigenvalue weighted by Gasteiger charge is -2.11. The van der Waals surface area contributed by atoms with Crippen LogP contribution in [0, 0.1) is 0 Å². The second-order valence-electron chi connectivity index (χ2n) is 2.07. The van der Waals surface area contributed by atoms with E-state index in [-0.39, 0.29) is 0 Å². The van der Waals surface area contributed by atoms with Gasteiger partial charge in [-0.1, -0.05) is 0 Å². The van der Waals surface area contributed by atoms with Gasteiger partial charge in [0.2, 0.25) is 0 Å². The van der Waals surface area contributed by atoms with Crippen LogP contribution in [-0.4, -0.2) is 12.0 Å². The number of halogens is 2. The van der Waals surface area contributed by atoms with Crippen molar-refractivity contribution in [2.75, 3.05) is 12.1 Å². The number of pyridine rings is 1. The van der Waals surface area contributed by atoms with Crippen molar-refractivity contribution in [3.8, 4) is 0 Å². The van der Waals surface area contributed by atoms with Gasteiger partial charge in [-0.3, -0.25) is 5.01 Å². The molecule has 1 aromatic rings. The summed E-state index contributed by atoms with van der Waals surface area (Å²) in [6.07, 6.45) is 1.70. The summed E-state index contributed by atoms with van der Waals surface area (Å²) in [5.41, 5.74) is 0. The van der Waals surface area contributed by atoms with Gasteiger partial charge in [0, 0.05) is 17.7 Å². The minimum Gasteiger partial charge on any atom is -0.297 e. The van der Waals surface area contributed by atoms with Crippen LogP contribution in [0.15, 0.2) is 21.2 Å². The van der Waals surface area contributed by atoms with Gasteiger partial charge in [0.05, 0.1) is 4.47 Å². The van der Waals surface area contributed by atoms with E-state index in [1.807, 2.05) is 6.07 Å². The molecule has 0 aliphatic heterocycles. The van der Waals surface area contributed by atoms with Gasteiger partial charge < -0.3 is 0 Å². The number of hydrazine groups is 1. The fourth-order valence-corrected chi connectivity index (χ4v) is 1.93. The van der Waals surface area contributed by atoms with Crippen molar-refractivity contribution in [3.63, 3.8) is 0 Å². The molecule has 0 atom stereocenters. The number of nitrogens with zero attached hydrogens (tertiary/aromatic N) is 2. The molecular weight excluding hydrogens is 274 g/mol. The fraction of sp³-hybridized carbons (Fsp3) is 0.167. The quantitative estimate of drug-likeness (QED) is 0.631. The highest BCUT2D eigenvalue weighted by Gasteiger charge is 2.03. The van der Waals surface area contributed by atoms with E-state index in [9.17, 15) is 0 Å². The monoisotopic (exact) mass is 279 g/mol. The van der Waals surface area contributed by atoms with Crippen LogP contribution >= 0.6 is 31.9 Å². The largest absolute Gasteiger partial charge is 0.297 e. The van der Waals surface area contributed by atoms with Gasteiger partial charge in [0.15, 0.2) is 5.82 Å². The normalized spacial score (nSPS) is 9.82. The Morgan fingerprint density at radius 2 is 2.18 bits per heavy atom. The van der Waals surface area contributed by atoms with Crippen LogP contribution in [0.3, 0.4) is 0 Å². The zero-order valence-corrected chi connectivity index (χ0v) is 9.05. The first-order valence-electron chi connectivity index (χ1n) is 2.90. The van der Waals surface area contributed by atoms with Gasteiger partial charge in [-0.25, -0.2) is 10.8 Å². The van der Waals surface area contributed by atoms with Gasteiger partial charge in [0.1, 0.15) is 0 Å². The SMILES string of the molecule is CN(N)c1ncc(Br)cc1Br. The second kappa shape index (κ2) is 3.51. The smallest absolute Gasteiger partial charge is 0.156 e. The maximum absolute atomic E-state index is 5.49. The molecule has 0 saturated heterocycles. The summed E-state index contributed by atoms with van der Waals surface area (Å²) < 4.78 is 1.80. The number of hydrogen-bond acceptors (Lipinski definition) is 3. The second-order valence-corrected chi connectivity index (χ2v) is 3.84. The van der Waals surface area contributed by atoms with E-state index >= 15 is 0 Å². The number of hydrogen-bond donors (Lipinski definition) is 1. The molecule has 60 valence electrons. The van der Waals surface area contributed by atoms with Crippen molar-refractivity contribution in [1.29, 1.82) is 0 Å². The van der Waals surface area contributed by atoms with E-state index in [1.54, 1.807) is 13.2 Å². The highest BCUT2D eigenvalue weighted by molar-refractivity contribution is 9.11. The van der Waals surface area contributed by atoms with Crippen LogP contribution in [-0.2, 0) is 0 Å². The van der Waals surface area contributed by atoms with Crippen LogP contribution in [0.25, 0.3) is 0 Å². The molecule has 1 heterocycles.